The van der Waals surface area contributed by atoms with E-state index in [1.807, 2.05) is 0 Å². The Morgan fingerprint density at radius 3 is 2.43 bits per heavy atom. The lowest BCUT2D eigenvalue weighted by molar-refractivity contribution is -0.384. The first kappa shape index (κ1) is 22.7. The SMILES string of the molecule is NS(=O)(=O)c1ccc(NCCC(=O)OCC(=O)Nc2ccc(F)cc2)c([N+](=O)[O-])c1. The lowest BCUT2D eigenvalue weighted by Crippen LogP contribution is -2.22. The Balaban J connectivity index is 1.83. The van der Waals surface area contributed by atoms with E-state index < -0.39 is 49.8 Å². The molecule has 2 rings (SSSR count). The second kappa shape index (κ2) is 9.76. The summed E-state index contributed by atoms with van der Waals surface area (Å²) < 4.78 is 40.2. The smallest absolute Gasteiger partial charge is 0.308 e. The predicted octanol–water partition coefficient (Wildman–Crippen LogP) is 1.37. The number of hydrogen-bond donors (Lipinski definition) is 3. The summed E-state index contributed by atoms with van der Waals surface area (Å²) in [5.74, 6) is -1.84. The molecule has 0 aromatic heterocycles. The molecule has 0 saturated carbocycles. The molecule has 0 atom stereocenters. The molecule has 0 unspecified atom stereocenters. The van der Waals surface area contributed by atoms with Crippen LogP contribution >= 0.6 is 0 Å². The molecule has 160 valence electrons. The minimum Gasteiger partial charge on any atom is -0.456 e. The maximum absolute atomic E-state index is 12.8. The van der Waals surface area contributed by atoms with Gasteiger partial charge in [0.2, 0.25) is 10.0 Å². The molecule has 0 bridgehead atoms. The van der Waals surface area contributed by atoms with E-state index in [0.29, 0.717) is 5.69 Å². The van der Waals surface area contributed by atoms with Gasteiger partial charge in [0.05, 0.1) is 16.2 Å². The van der Waals surface area contributed by atoms with E-state index in [4.69, 9.17) is 9.88 Å². The van der Waals surface area contributed by atoms with Crippen molar-refractivity contribution in [3.63, 3.8) is 0 Å². The molecular weight excluding hydrogens is 423 g/mol. The van der Waals surface area contributed by atoms with E-state index in [2.05, 4.69) is 10.6 Å². The number of primary sulfonamides is 1. The minimum absolute atomic E-state index is 0.0192. The van der Waals surface area contributed by atoms with Gasteiger partial charge in [-0.05, 0) is 36.4 Å². The molecule has 0 radical (unpaired) electrons. The van der Waals surface area contributed by atoms with Gasteiger partial charge in [0.25, 0.3) is 11.6 Å². The number of nitro groups is 1. The highest BCUT2D eigenvalue weighted by molar-refractivity contribution is 7.89. The number of nitrogens with one attached hydrogen (secondary N) is 2. The topological polar surface area (TPSA) is 171 Å². The van der Waals surface area contributed by atoms with Gasteiger partial charge in [0, 0.05) is 18.3 Å². The molecule has 0 aliphatic rings. The summed E-state index contributed by atoms with van der Waals surface area (Å²) in [5.41, 5.74) is -0.225. The van der Waals surface area contributed by atoms with Gasteiger partial charge in [-0.25, -0.2) is 17.9 Å². The third kappa shape index (κ3) is 6.79. The third-order valence-corrected chi connectivity index (χ3v) is 4.54. The van der Waals surface area contributed by atoms with Crippen molar-refractivity contribution < 1.29 is 32.1 Å². The van der Waals surface area contributed by atoms with Gasteiger partial charge in [-0.1, -0.05) is 0 Å². The average Bonchev–Trinajstić information content (AvgIpc) is 2.67. The Hall–Kier alpha value is -3.58. The zero-order valence-electron chi connectivity index (χ0n) is 15.3. The van der Waals surface area contributed by atoms with Crippen molar-refractivity contribution in [2.45, 2.75) is 11.3 Å². The Morgan fingerprint density at radius 1 is 1.17 bits per heavy atom. The van der Waals surface area contributed by atoms with Gasteiger partial charge in [-0.2, -0.15) is 0 Å². The molecule has 1 amide bonds. The van der Waals surface area contributed by atoms with Gasteiger partial charge in [0.15, 0.2) is 6.61 Å². The number of anilines is 2. The molecule has 30 heavy (non-hydrogen) atoms. The molecule has 4 N–H and O–H groups in total. The molecule has 0 aliphatic carbocycles. The van der Waals surface area contributed by atoms with Crippen LogP contribution in [0.15, 0.2) is 47.4 Å². The number of esters is 1. The molecular formula is C17H17FN4O7S. The van der Waals surface area contributed by atoms with Gasteiger partial charge in [-0.15, -0.1) is 0 Å². The molecule has 2 aromatic rings. The number of rotatable bonds is 9. The lowest BCUT2D eigenvalue weighted by Gasteiger charge is -2.09. The molecule has 11 nitrogen and oxygen atoms in total. The van der Waals surface area contributed by atoms with Crippen molar-refractivity contribution in [3.05, 3.63) is 58.4 Å². The third-order valence-electron chi connectivity index (χ3n) is 3.63. The second-order valence-electron chi connectivity index (χ2n) is 5.87. The van der Waals surface area contributed by atoms with E-state index in [0.717, 1.165) is 30.3 Å². The quantitative estimate of drug-likeness (QED) is 0.298. The number of nitrogens with zero attached hydrogens (tertiary/aromatic N) is 1. The fourth-order valence-electron chi connectivity index (χ4n) is 2.24. The van der Waals surface area contributed by atoms with Crippen LogP contribution in [0.3, 0.4) is 0 Å². The Morgan fingerprint density at radius 2 is 1.83 bits per heavy atom. The molecule has 2 aromatic carbocycles. The zero-order valence-corrected chi connectivity index (χ0v) is 16.1. The number of carbonyl (C=O) groups excluding carboxylic acids is 2. The first-order chi connectivity index (χ1) is 14.1. The number of carbonyl (C=O) groups is 2. The number of sulfonamides is 1. The number of benzene rings is 2. The van der Waals surface area contributed by atoms with Crippen LogP contribution in [-0.2, 0) is 24.3 Å². The van der Waals surface area contributed by atoms with Gasteiger partial charge in [-0.3, -0.25) is 19.7 Å². The van der Waals surface area contributed by atoms with Crippen molar-refractivity contribution in [1.82, 2.24) is 0 Å². The summed E-state index contributed by atoms with van der Waals surface area (Å²) in [7, 11) is -4.11. The highest BCUT2D eigenvalue weighted by Gasteiger charge is 2.19. The van der Waals surface area contributed by atoms with Crippen LogP contribution in [0.5, 0.6) is 0 Å². The normalized spacial score (nSPS) is 10.9. The van der Waals surface area contributed by atoms with Crippen LogP contribution < -0.4 is 15.8 Å². The minimum atomic E-state index is -4.11. The summed E-state index contributed by atoms with van der Waals surface area (Å²) in [4.78, 5) is 33.3. The van der Waals surface area contributed by atoms with Gasteiger partial charge in [0.1, 0.15) is 11.5 Å². The fraction of sp³-hybridized carbons (Fsp3) is 0.176. The standard InChI is InChI=1S/C17H17FN4O7S/c18-11-1-3-12(4-2-11)21-16(23)10-29-17(24)7-8-20-14-6-5-13(30(19,27)28)9-15(14)22(25)26/h1-6,9,20H,7-8,10H2,(H,21,23)(H2,19,27,28). The maximum Gasteiger partial charge on any atom is 0.308 e. The second-order valence-corrected chi connectivity index (χ2v) is 7.44. The molecule has 0 spiro atoms. The molecule has 0 saturated heterocycles. The summed E-state index contributed by atoms with van der Waals surface area (Å²) in [6.45, 7) is -0.645. The number of amides is 1. The molecule has 0 aliphatic heterocycles. The lowest BCUT2D eigenvalue weighted by atomic mass is 10.2. The first-order valence-electron chi connectivity index (χ1n) is 8.32. The van der Waals surface area contributed by atoms with E-state index in [-0.39, 0.29) is 18.7 Å². The number of nitro benzene ring substituents is 1. The van der Waals surface area contributed by atoms with Crippen LogP contribution in [0, 0.1) is 15.9 Å². The van der Waals surface area contributed by atoms with E-state index >= 15 is 0 Å². The van der Waals surface area contributed by atoms with E-state index in [1.165, 1.54) is 12.1 Å². The monoisotopic (exact) mass is 440 g/mol. The van der Waals surface area contributed by atoms with Gasteiger partial charge < -0.3 is 15.4 Å². The summed E-state index contributed by atoms with van der Waals surface area (Å²) >= 11 is 0. The largest absolute Gasteiger partial charge is 0.456 e. The van der Waals surface area contributed by atoms with Crippen LogP contribution in [0.25, 0.3) is 0 Å². The van der Waals surface area contributed by atoms with Crippen molar-refractivity contribution in [2.75, 3.05) is 23.8 Å². The average molecular weight is 440 g/mol. The molecule has 13 heteroatoms. The molecule has 0 heterocycles. The zero-order chi connectivity index (χ0) is 22.3. The van der Waals surface area contributed by atoms with Crippen LogP contribution in [0.1, 0.15) is 6.42 Å². The first-order valence-corrected chi connectivity index (χ1v) is 9.87. The highest BCUT2D eigenvalue weighted by Crippen LogP contribution is 2.27. The Bertz CT molecular complexity index is 1060. The number of hydrogen-bond acceptors (Lipinski definition) is 8. The number of halogens is 1. The predicted molar refractivity (Wildman–Crippen MR) is 104 cm³/mol. The summed E-state index contributed by atoms with van der Waals surface area (Å²) in [5, 5.41) is 21.1. The van der Waals surface area contributed by atoms with Crippen molar-refractivity contribution >= 4 is 39.0 Å². The van der Waals surface area contributed by atoms with Crippen molar-refractivity contribution in [2.24, 2.45) is 5.14 Å². The number of nitrogens with two attached hydrogens (primary N) is 1. The summed E-state index contributed by atoms with van der Waals surface area (Å²) in [6, 6.07) is 8.03. The van der Waals surface area contributed by atoms with Crippen LogP contribution in [-0.4, -0.2) is 38.4 Å². The Labute approximate surface area is 170 Å². The number of ether oxygens (including phenoxy) is 1. The van der Waals surface area contributed by atoms with E-state index in [1.54, 1.807) is 0 Å². The van der Waals surface area contributed by atoms with Crippen LogP contribution in [0.4, 0.5) is 21.5 Å². The van der Waals surface area contributed by atoms with E-state index in [9.17, 15) is 32.5 Å². The molecule has 0 fully saturated rings. The van der Waals surface area contributed by atoms with Crippen molar-refractivity contribution in [3.8, 4) is 0 Å². The highest BCUT2D eigenvalue weighted by atomic mass is 32.2. The van der Waals surface area contributed by atoms with Gasteiger partial charge >= 0.3 is 5.97 Å². The summed E-state index contributed by atoms with van der Waals surface area (Å²) in [6.07, 6.45) is -0.224. The maximum atomic E-state index is 12.8. The Kier molecular flexibility index (Phi) is 7.38. The van der Waals surface area contributed by atoms with Crippen LogP contribution in [0.2, 0.25) is 0 Å². The fourth-order valence-corrected chi connectivity index (χ4v) is 2.77. The van der Waals surface area contributed by atoms with Crippen molar-refractivity contribution in [1.29, 1.82) is 0 Å².